The van der Waals surface area contributed by atoms with Gasteiger partial charge in [0, 0.05) is 37.7 Å². The van der Waals surface area contributed by atoms with Gasteiger partial charge < -0.3 is 9.80 Å². The molecule has 1 aliphatic carbocycles. The van der Waals surface area contributed by atoms with Crippen molar-refractivity contribution in [3.8, 4) is 0 Å². The number of carbonyl (C=O) groups is 2. The highest BCUT2D eigenvalue weighted by molar-refractivity contribution is 5.94. The maximum atomic E-state index is 12.9. The van der Waals surface area contributed by atoms with Crippen molar-refractivity contribution in [2.45, 2.75) is 57.4 Å². The van der Waals surface area contributed by atoms with Gasteiger partial charge in [-0.3, -0.25) is 9.59 Å². The van der Waals surface area contributed by atoms with E-state index in [2.05, 4.69) is 4.90 Å². The minimum atomic E-state index is 0.114. The van der Waals surface area contributed by atoms with Crippen LogP contribution in [0.15, 0.2) is 30.3 Å². The third-order valence-corrected chi connectivity index (χ3v) is 6.58. The Morgan fingerprint density at radius 1 is 0.923 bits per heavy atom. The molecule has 0 N–H and O–H groups in total. The Bertz CT molecular complexity index is 639. The van der Waals surface area contributed by atoms with E-state index in [1.807, 2.05) is 35.2 Å². The SMILES string of the molecule is O=C(c1ccccc1)N1C[C@H]2CC[C@@H](C1)N(C(=O)CCC1CCCC1)C2. The van der Waals surface area contributed by atoms with E-state index in [1.165, 1.54) is 25.7 Å². The number of fused-ring (bicyclic) bond motifs is 4. The molecule has 1 aromatic carbocycles. The van der Waals surface area contributed by atoms with Crippen LogP contribution in [0.1, 0.15) is 61.7 Å². The average molecular weight is 354 g/mol. The number of carbonyl (C=O) groups excluding carboxylic acids is 2. The van der Waals surface area contributed by atoms with Crippen molar-refractivity contribution < 1.29 is 9.59 Å². The molecule has 4 fully saturated rings. The lowest BCUT2D eigenvalue weighted by atomic mass is 9.94. The van der Waals surface area contributed by atoms with Gasteiger partial charge in [0.2, 0.25) is 5.91 Å². The van der Waals surface area contributed by atoms with E-state index < -0.39 is 0 Å². The number of hydrogen-bond donors (Lipinski definition) is 0. The van der Waals surface area contributed by atoms with Gasteiger partial charge in [0.05, 0.1) is 0 Å². The molecule has 4 heteroatoms. The van der Waals surface area contributed by atoms with Crippen molar-refractivity contribution in [2.24, 2.45) is 11.8 Å². The molecule has 3 aliphatic heterocycles. The van der Waals surface area contributed by atoms with Crippen molar-refractivity contribution in [2.75, 3.05) is 19.6 Å². The Kier molecular flexibility index (Phi) is 5.28. The Morgan fingerprint density at radius 3 is 2.46 bits per heavy atom. The molecule has 5 rings (SSSR count). The lowest BCUT2D eigenvalue weighted by Gasteiger charge is -2.36. The molecular weight excluding hydrogens is 324 g/mol. The molecule has 3 heterocycles. The van der Waals surface area contributed by atoms with E-state index >= 15 is 0 Å². The van der Waals surface area contributed by atoms with Crippen LogP contribution in [-0.2, 0) is 4.79 Å². The first-order chi connectivity index (χ1) is 12.7. The fourth-order valence-corrected chi connectivity index (χ4v) is 5.09. The van der Waals surface area contributed by atoms with Gasteiger partial charge in [-0.2, -0.15) is 0 Å². The van der Waals surface area contributed by atoms with E-state index in [4.69, 9.17) is 0 Å². The topological polar surface area (TPSA) is 40.6 Å². The van der Waals surface area contributed by atoms with Crippen LogP contribution in [0, 0.1) is 11.8 Å². The zero-order valence-corrected chi connectivity index (χ0v) is 15.6. The van der Waals surface area contributed by atoms with E-state index in [9.17, 15) is 9.59 Å². The van der Waals surface area contributed by atoms with Gasteiger partial charge in [-0.25, -0.2) is 0 Å². The zero-order chi connectivity index (χ0) is 17.9. The first kappa shape index (κ1) is 17.6. The van der Waals surface area contributed by atoms with E-state index in [1.54, 1.807) is 0 Å². The van der Waals surface area contributed by atoms with Crippen molar-refractivity contribution >= 4 is 11.8 Å². The second kappa shape index (κ2) is 7.81. The molecule has 140 valence electrons. The van der Waals surface area contributed by atoms with Gasteiger partial charge in [0.1, 0.15) is 0 Å². The molecule has 1 saturated carbocycles. The first-order valence-corrected chi connectivity index (χ1v) is 10.3. The molecule has 1 aromatic rings. The van der Waals surface area contributed by atoms with Crippen LogP contribution in [-0.4, -0.2) is 47.3 Å². The Hall–Kier alpha value is -1.84. The minimum absolute atomic E-state index is 0.114. The lowest BCUT2D eigenvalue weighted by molar-refractivity contribution is -0.135. The summed E-state index contributed by atoms with van der Waals surface area (Å²) in [5.41, 5.74) is 0.757. The Balaban J connectivity index is 1.39. The van der Waals surface area contributed by atoms with Crippen LogP contribution in [0.4, 0.5) is 0 Å². The minimum Gasteiger partial charge on any atom is -0.338 e. The van der Waals surface area contributed by atoms with E-state index in [0.717, 1.165) is 43.8 Å². The third kappa shape index (κ3) is 3.79. The van der Waals surface area contributed by atoms with E-state index in [-0.39, 0.29) is 11.9 Å². The Morgan fingerprint density at radius 2 is 1.69 bits per heavy atom. The van der Waals surface area contributed by atoms with Gasteiger partial charge in [-0.1, -0.05) is 43.9 Å². The molecule has 0 spiro atoms. The summed E-state index contributed by atoms with van der Waals surface area (Å²) >= 11 is 0. The summed E-state index contributed by atoms with van der Waals surface area (Å²) in [6.07, 6.45) is 9.21. The van der Waals surface area contributed by atoms with Crippen molar-refractivity contribution in [1.29, 1.82) is 0 Å². The van der Waals surface area contributed by atoms with Gasteiger partial charge in [0.15, 0.2) is 0 Å². The molecule has 26 heavy (non-hydrogen) atoms. The monoisotopic (exact) mass is 354 g/mol. The van der Waals surface area contributed by atoms with Gasteiger partial charge in [0.25, 0.3) is 5.91 Å². The fourth-order valence-electron chi connectivity index (χ4n) is 5.09. The predicted octanol–water partition coefficient (Wildman–Crippen LogP) is 3.72. The number of piperidine rings is 1. The number of rotatable bonds is 4. The smallest absolute Gasteiger partial charge is 0.253 e. The zero-order valence-electron chi connectivity index (χ0n) is 15.6. The van der Waals surface area contributed by atoms with Gasteiger partial charge >= 0.3 is 0 Å². The van der Waals surface area contributed by atoms with Gasteiger partial charge in [-0.05, 0) is 43.2 Å². The molecule has 0 unspecified atom stereocenters. The summed E-state index contributed by atoms with van der Waals surface area (Å²) in [5, 5.41) is 0. The molecule has 0 radical (unpaired) electrons. The summed E-state index contributed by atoms with van der Waals surface area (Å²) in [4.78, 5) is 29.8. The van der Waals surface area contributed by atoms with Crippen LogP contribution in [0.2, 0.25) is 0 Å². The van der Waals surface area contributed by atoms with Crippen molar-refractivity contribution in [1.82, 2.24) is 9.80 Å². The number of hydrogen-bond acceptors (Lipinski definition) is 2. The molecule has 4 aliphatic rings. The maximum absolute atomic E-state index is 12.9. The summed E-state index contributed by atoms with van der Waals surface area (Å²) in [6.45, 7) is 2.32. The second-order valence-corrected chi connectivity index (χ2v) is 8.41. The van der Waals surface area contributed by atoms with Crippen LogP contribution in [0.3, 0.4) is 0 Å². The third-order valence-electron chi connectivity index (χ3n) is 6.58. The largest absolute Gasteiger partial charge is 0.338 e. The average Bonchev–Trinajstić information content (AvgIpc) is 3.04. The molecule has 4 nitrogen and oxygen atoms in total. The highest BCUT2D eigenvalue weighted by Gasteiger charge is 2.38. The van der Waals surface area contributed by atoms with Crippen LogP contribution >= 0.6 is 0 Å². The van der Waals surface area contributed by atoms with E-state index in [0.29, 0.717) is 24.8 Å². The molecule has 2 bridgehead atoms. The summed E-state index contributed by atoms with van der Waals surface area (Å²) in [7, 11) is 0. The highest BCUT2D eigenvalue weighted by Crippen LogP contribution is 2.32. The lowest BCUT2D eigenvalue weighted by Crippen LogP contribution is -2.47. The predicted molar refractivity (Wildman–Crippen MR) is 102 cm³/mol. The molecular formula is C22H30N2O2. The first-order valence-electron chi connectivity index (χ1n) is 10.3. The quantitative estimate of drug-likeness (QED) is 0.827. The van der Waals surface area contributed by atoms with Crippen molar-refractivity contribution in [3.05, 3.63) is 35.9 Å². The van der Waals surface area contributed by atoms with Gasteiger partial charge in [-0.15, -0.1) is 0 Å². The number of amides is 2. The summed E-state index contributed by atoms with van der Waals surface area (Å²) < 4.78 is 0. The molecule has 2 atom stereocenters. The number of nitrogens with zero attached hydrogens (tertiary/aromatic N) is 2. The molecule has 0 aromatic heterocycles. The summed E-state index contributed by atoms with van der Waals surface area (Å²) in [6, 6.07) is 9.75. The van der Waals surface area contributed by atoms with Crippen LogP contribution in [0.5, 0.6) is 0 Å². The van der Waals surface area contributed by atoms with Crippen molar-refractivity contribution in [3.63, 3.8) is 0 Å². The molecule has 2 amide bonds. The second-order valence-electron chi connectivity index (χ2n) is 8.41. The maximum Gasteiger partial charge on any atom is 0.253 e. The van der Waals surface area contributed by atoms with Crippen LogP contribution in [0.25, 0.3) is 0 Å². The fraction of sp³-hybridized carbons (Fsp3) is 0.636. The molecule has 3 saturated heterocycles. The number of benzene rings is 1. The summed E-state index contributed by atoms with van der Waals surface area (Å²) in [5.74, 6) is 1.62. The highest BCUT2D eigenvalue weighted by atomic mass is 16.2. The Labute approximate surface area is 156 Å². The van der Waals surface area contributed by atoms with Crippen LogP contribution < -0.4 is 0 Å². The normalized spacial score (nSPS) is 26.2. The standard InChI is InChI=1S/C22H30N2O2/c25-21(13-11-17-6-4-5-7-17)24-15-18-10-12-20(24)16-23(14-18)22(26)19-8-2-1-3-9-19/h1-3,8-9,17-18,20H,4-7,10-16H2/t18-,20+/m1/s1.